The molecule has 23 heavy (non-hydrogen) atoms. The van der Waals surface area contributed by atoms with E-state index in [0.29, 0.717) is 24.2 Å². The van der Waals surface area contributed by atoms with E-state index < -0.39 is 5.91 Å². The van der Waals surface area contributed by atoms with Crippen LogP contribution in [0.1, 0.15) is 34.1 Å². The summed E-state index contributed by atoms with van der Waals surface area (Å²) in [7, 11) is 1.71. The van der Waals surface area contributed by atoms with E-state index in [1.54, 1.807) is 41.1 Å². The maximum Gasteiger partial charge on any atom is 0.278 e. The van der Waals surface area contributed by atoms with Crippen LogP contribution in [0, 0.1) is 0 Å². The predicted octanol–water partition coefficient (Wildman–Crippen LogP) is 0.507. The van der Waals surface area contributed by atoms with E-state index in [-0.39, 0.29) is 17.8 Å². The lowest BCUT2D eigenvalue weighted by Gasteiger charge is -2.20. The Morgan fingerprint density at radius 2 is 1.91 bits per heavy atom. The Morgan fingerprint density at radius 1 is 1.30 bits per heavy atom. The first-order chi connectivity index (χ1) is 10.9. The second-order valence-electron chi connectivity index (χ2n) is 5.60. The molecular formula is C16H20N4O3. The molecule has 1 aliphatic heterocycles. The molecule has 1 aromatic rings. The highest BCUT2D eigenvalue weighted by atomic mass is 16.2. The number of likely N-dealkylation sites (N-methyl/N-ethyl adjacent to an activating group) is 1. The quantitative estimate of drug-likeness (QED) is 0.497. The van der Waals surface area contributed by atoms with Gasteiger partial charge < -0.3 is 15.5 Å². The molecule has 0 aliphatic carbocycles. The van der Waals surface area contributed by atoms with Crippen LogP contribution < -0.4 is 5.73 Å². The Balaban J connectivity index is 2.05. The van der Waals surface area contributed by atoms with Crippen molar-refractivity contribution in [1.29, 1.82) is 0 Å². The number of carbonyl (C=O) groups excluding carboxylic acids is 3. The van der Waals surface area contributed by atoms with Gasteiger partial charge in [0.05, 0.1) is 6.04 Å². The molecule has 0 saturated carbocycles. The molecule has 0 aromatic heterocycles. The Labute approximate surface area is 134 Å². The SMILES string of the molecule is CC(N)=NC(=O)c1ccc(C(=O)N2CCC(N(C)C=O)C2)cc1. The van der Waals surface area contributed by atoms with E-state index in [4.69, 9.17) is 5.73 Å². The third-order valence-corrected chi connectivity index (χ3v) is 3.85. The third kappa shape index (κ3) is 3.94. The lowest BCUT2D eigenvalue weighted by molar-refractivity contribution is -0.118. The summed E-state index contributed by atoms with van der Waals surface area (Å²) in [5, 5.41) is 0. The van der Waals surface area contributed by atoms with E-state index in [2.05, 4.69) is 4.99 Å². The Morgan fingerprint density at radius 3 is 2.48 bits per heavy atom. The van der Waals surface area contributed by atoms with Gasteiger partial charge in [0.1, 0.15) is 5.84 Å². The first kappa shape index (κ1) is 16.7. The molecule has 122 valence electrons. The van der Waals surface area contributed by atoms with Crippen LogP contribution in [0.5, 0.6) is 0 Å². The lowest BCUT2D eigenvalue weighted by atomic mass is 10.1. The van der Waals surface area contributed by atoms with Crippen LogP contribution in [-0.4, -0.2) is 60.0 Å². The van der Waals surface area contributed by atoms with Crippen molar-refractivity contribution in [1.82, 2.24) is 9.80 Å². The normalized spacial score (nSPS) is 17.9. The molecule has 0 spiro atoms. The molecular weight excluding hydrogens is 296 g/mol. The first-order valence-electron chi connectivity index (χ1n) is 7.34. The number of amidine groups is 1. The van der Waals surface area contributed by atoms with Crippen LogP contribution in [0.3, 0.4) is 0 Å². The fraction of sp³-hybridized carbons (Fsp3) is 0.375. The average molecular weight is 316 g/mol. The number of benzene rings is 1. The van der Waals surface area contributed by atoms with Crippen molar-refractivity contribution in [3.63, 3.8) is 0 Å². The zero-order valence-corrected chi connectivity index (χ0v) is 13.2. The number of rotatable bonds is 4. The Hall–Kier alpha value is -2.70. The number of carbonyl (C=O) groups is 3. The van der Waals surface area contributed by atoms with Crippen molar-refractivity contribution in [3.05, 3.63) is 35.4 Å². The predicted molar refractivity (Wildman–Crippen MR) is 86.2 cm³/mol. The van der Waals surface area contributed by atoms with Crippen molar-refractivity contribution in [2.45, 2.75) is 19.4 Å². The number of amides is 3. The van der Waals surface area contributed by atoms with Gasteiger partial charge >= 0.3 is 0 Å². The Kier molecular flexibility index (Phi) is 5.10. The van der Waals surface area contributed by atoms with Crippen LogP contribution in [-0.2, 0) is 4.79 Å². The van der Waals surface area contributed by atoms with Crippen LogP contribution >= 0.6 is 0 Å². The molecule has 2 rings (SSSR count). The number of hydrogen-bond acceptors (Lipinski definition) is 3. The summed E-state index contributed by atoms with van der Waals surface area (Å²) < 4.78 is 0. The van der Waals surface area contributed by atoms with Gasteiger partial charge in [-0.1, -0.05) is 0 Å². The second-order valence-corrected chi connectivity index (χ2v) is 5.60. The minimum Gasteiger partial charge on any atom is -0.387 e. The second kappa shape index (κ2) is 7.04. The molecule has 1 aromatic carbocycles. The monoisotopic (exact) mass is 316 g/mol. The van der Waals surface area contributed by atoms with Crippen molar-refractivity contribution in [2.24, 2.45) is 10.7 Å². The van der Waals surface area contributed by atoms with Gasteiger partial charge in [-0.05, 0) is 37.6 Å². The van der Waals surface area contributed by atoms with E-state index in [0.717, 1.165) is 12.8 Å². The highest BCUT2D eigenvalue weighted by molar-refractivity contribution is 6.03. The maximum atomic E-state index is 12.4. The summed E-state index contributed by atoms with van der Waals surface area (Å²) in [5.74, 6) is -0.347. The number of nitrogens with zero attached hydrogens (tertiary/aromatic N) is 3. The van der Waals surface area contributed by atoms with Crippen molar-refractivity contribution in [3.8, 4) is 0 Å². The van der Waals surface area contributed by atoms with E-state index >= 15 is 0 Å². The number of likely N-dealkylation sites (tertiary alicyclic amines) is 1. The summed E-state index contributed by atoms with van der Waals surface area (Å²) in [5.41, 5.74) is 6.26. The smallest absolute Gasteiger partial charge is 0.278 e. The summed E-state index contributed by atoms with van der Waals surface area (Å²) in [6.07, 6.45) is 1.54. The molecule has 3 amide bonds. The molecule has 2 N–H and O–H groups in total. The van der Waals surface area contributed by atoms with Gasteiger partial charge in [-0.2, -0.15) is 4.99 Å². The van der Waals surface area contributed by atoms with Crippen molar-refractivity contribution < 1.29 is 14.4 Å². The largest absolute Gasteiger partial charge is 0.387 e. The molecule has 0 radical (unpaired) electrons. The van der Waals surface area contributed by atoms with Gasteiger partial charge in [0, 0.05) is 31.3 Å². The standard InChI is InChI=1S/C16H20N4O3/c1-11(17)18-15(22)12-3-5-13(6-4-12)16(23)20-8-7-14(9-20)19(2)10-21/h3-6,10,14H,7-9H2,1-2H3,(H2,17,18,22). The maximum absolute atomic E-state index is 12.4. The summed E-state index contributed by atoms with van der Waals surface area (Å²) in [6.45, 7) is 2.67. The fourth-order valence-electron chi connectivity index (χ4n) is 2.51. The van der Waals surface area contributed by atoms with Gasteiger partial charge in [0.2, 0.25) is 6.41 Å². The molecule has 1 saturated heterocycles. The van der Waals surface area contributed by atoms with Crippen molar-refractivity contribution in [2.75, 3.05) is 20.1 Å². The molecule has 1 heterocycles. The summed E-state index contributed by atoms with van der Waals surface area (Å²) in [6, 6.07) is 6.39. The van der Waals surface area contributed by atoms with E-state index in [9.17, 15) is 14.4 Å². The number of nitrogens with two attached hydrogens (primary N) is 1. The average Bonchev–Trinajstić information content (AvgIpc) is 3.03. The lowest BCUT2D eigenvalue weighted by Crippen LogP contribution is -2.35. The summed E-state index contributed by atoms with van der Waals surface area (Å²) >= 11 is 0. The Bertz CT molecular complexity index is 635. The molecule has 1 atom stereocenters. The molecule has 1 unspecified atom stereocenters. The number of hydrogen-bond donors (Lipinski definition) is 1. The molecule has 7 nitrogen and oxygen atoms in total. The van der Waals surface area contributed by atoms with Gasteiger partial charge in [-0.3, -0.25) is 14.4 Å². The minimum absolute atomic E-state index is 0.0548. The minimum atomic E-state index is -0.433. The third-order valence-electron chi connectivity index (χ3n) is 3.85. The van der Waals surface area contributed by atoms with E-state index in [1.165, 1.54) is 6.92 Å². The zero-order valence-electron chi connectivity index (χ0n) is 13.2. The molecule has 7 heteroatoms. The highest BCUT2D eigenvalue weighted by Gasteiger charge is 2.28. The van der Waals surface area contributed by atoms with Gasteiger partial charge in [0.25, 0.3) is 11.8 Å². The zero-order chi connectivity index (χ0) is 17.0. The van der Waals surface area contributed by atoms with Gasteiger partial charge in [-0.15, -0.1) is 0 Å². The summed E-state index contributed by atoms with van der Waals surface area (Å²) in [4.78, 5) is 41.9. The van der Waals surface area contributed by atoms with Crippen LogP contribution in [0.25, 0.3) is 0 Å². The molecule has 1 aliphatic rings. The van der Waals surface area contributed by atoms with Crippen LogP contribution in [0.2, 0.25) is 0 Å². The first-order valence-corrected chi connectivity index (χ1v) is 7.34. The van der Waals surface area contributed by atoms with E-state index in [1.807, 2.05) is 0 Å². The topological polar surface area (TPSA) is 96.1 Å². The number of aliphatic imine (C=N–C) groups is 1. The van der Waals surface area contributed by atoms with Crippen LogP contribution in [0.15, 0.2) is 29.3 Å². The van der Waals surface area contributed by atoms with Crippen LogP contribution in [0.4, 0.5) is 0 Å². The van der Waals surface area contributed by atoms with Gasteiger partial charge in [-0.25, -0.2) is 0 Å². The van der Waals surface area contributed by atoms with Crippen molar-refractivity contribution >= 4 is 24.1 Å². The fourth-order valence-corrected chi connectivity index (χ4v) is 2.51. The molecule has 1 fully saturated rings. The highest BCUT2D eigenvalue weighted by Crippen LogP contribution is 2.17. The molecule has 0 bridgehead atoms. The van der Waals surface area contributed by atoms with Gasteiger partial charge in [0.15, 0.2) is 0 Å².